The van der Waals surface area contributed by atoms with Gasteiger partial charge in [0, 0.05) is 5.69 Å². The van der Waals surface area contributed by atoms with Crippen LogP contribution in [0.3, 0.4) is 0 Å². The van der Waals surface area contributed by atoms with Crippen LogP contribution in [0.25, 0.3) is 0 Å². The molecule has 0 saturated heterocycles. The fourth-order valence-corrected chi connectivity index (χ4v) is 3.62. The summed E-state index contributed by atoms with van der Waals surface area (Å²) < 4.78 is 0. The molecule has 0 aliphatic heterocycles. The van der Waals surface area contributed by atoms with Gasteiger partial charge in [0.05, 0.1) is 11.8 Å². The minimum atomic E-state index is -0.844. The molecule has 2 N–H and O–H groups in total. The topological polar surface area (TPSA) is 66.4 Å². The molecule has 0 aromatic heterocycles. The van der Waals surface area contributed by atoms with Crippen molar-refractivity contribution < 1.29 is 14.7 Å². The molecule has 0 bridgehead atoms. The van der Waals surface area contributed by atoms with Crippen molar-refractivity contribution in [1.29, 1.82) is 0 Å². The Balaban J connectivity index is 1.71. The van der Waals surface area contributed by atoms with E-state index in [0.29, 0.717) is 12.8 Å². The van der Waals surface area contributed by atoms with E-state index in [9.17, 15) is 14.7 Å². The van der Waals surface area contributed by atoms with Gasteiger partial charge in [-0.1, -0.05) is 18.9 Å². The number of amides is 1. The Hall–Kier alpha value is -1.84. The van der Waals surface area contributed by atoms with Crippen molar-refractivity contribution in [1.82, 2.24) is 0 Å². The second-order valence-corrected chi connectivity index (χ2v) is 6.16. The Labute approximate surface area is 124 Å². The molecule has 1 aromatic carbocycles. The van der Waals surface area contributed by atoms with Crippen molar-refractivity contribution >= 4 is 17.6 Å². The fourth-order valence-electron chi connectivity index (χ4n) is 3.62. The lowest BCUT2D eigenvalue weighted by Gasteiger charge is -2.27. The first-order valence-corrected chi connectivity index (χ1v) is 7.80. The lowest BCUT2D eigenvalue weighted by atomic mass is 9.78. The molecule has 112 valence electrons. The van der Waals surface area contributed by atoms with E-state index >= 15 is 0 Å². The number of aliphatic carboxylic acids is 1. The highest BCUT2D eigenvalue weighted by molar-refractivity contribution is 5.95. The van der Waals surface area contributed by atoms with Gasteiger partial charge >= 0.3 is 5.97 Å². The minimum Gasteiger partial charge on any atom is -0.481 e. The first-order chi connectivity index (χ1) is 10.1. The van der Waals surface area contributed by atoms with E-state index in [0.717, 1.165) is 31.4 Å². The maximum atomic E-state index is 12.4. The van der Waals surface area contributed by atoms with Crippen molar-refractivity contribution in [3.8, 4) is 0 Å². The number of hydrogen-bond donors (Lipinski definition) is 2. The monoisotopic (exact) mass is 287 g/mol. The maximum Gasteiger partial charge on any atom is 0.307 e. The van der Waals surface area contributed by atoms with Crippen molar-refractivity contribution in [2.45, 2.75) is 44.9 Å². The van der Waals surface area contributed by atoms with Crippen LogP contribution in [0.4, 0.5) is 5.69 Å². The number of aryl methyl sites for hydroxylation is 2. The first-order valence-electron chi connectivity index (χ1n) is 7.80. The van der Waals surface area contributed by atoms with Gasteiger partial charge in [0.15, 0.2) is 0 Å². The average Bonchev–Trinajstić information content (AvgIpc) is 2.94. The average molecular weight is 287 g/mol. The molecule has 3 rings (SSSR count). The van der Waals surface area contributed by atoms with Crippen molar-refractivity contribution in [2.75, 3.05) is 5.32 Å². The summed E-state index contributed by atoms with van der Waals surface area (Å²) in [5.74, 6) is -1.92. The lowest BCUT2D eigenvalue weighted by Crippen LogP contribution is -2.36. The highest BCUT2D eigenvalue weighted by atomic mass is 16.4. The van der Waals surface area contributed by atoms with Crippen LogP contribution in [0.2, 0.25) is 0 Å². The van der Waals surface area contributed by atoms with Crippen LogP contribution in [0, 0.1) is 11.8 Å². The molecule has 2 aliphatic rings. The van der Waals surface area contributed by atoms with Crippen LogP contribution in [0.1, 0.15) is 43.2 Å². The molecule has 1 fully saturated rings. The van der Waals surface area contributed by atoms with Crippen molar-refractivity contribution in [2.24, 2.45) is 11.8 Å². The summed E-state index contributed by atoms with van der Waals surface area (Å²) in [6.45, 7) is 0. The third-order valence-corrected chi connectivity index (χ3v) is 4.79. The SMILES string of the molecule is O=C(O)[C@H]1CCCC[C@@H]1C(=O)Nc1ccc2c(c1)CCC2. The molecule has 0 unspecified atom stereocenters. The van der Waals surface area contributed by atoms with Gasteiger partial charge in [0.25, 0.3) is 0 Å². The number of carboxylic acids is 1. The Kier molecular flexibility index (Phi) is 3.95. The summed E-state index contributed by atoms with van der Waals surface area (Å²) in [5, 5.41) is 12.2. The molecule has 0 radical (unpaired) electrons. The molecule has 0 spiro atoms. The summed E-state index contributed by atoms with van der Waals surface area (Å²) in [4.78, 5) is 23.7. The van der Waals surface area contributed by atoms with Gasteiger partial charge in [-0.25, -0.2) is 0 Å². The zero-order valence-corrected chi connectivity index (χ0v) is 12.1. The number of rotatable bonds is 3. The summed E-state index contributed by atoms with van der Waals surface area (Å²) >= 11 is 0. The number of fused-ring (bicyclic) bond motifs is 1. The smallest absolute Gasteiger partial charge is 0.307 e. The van der Waals surface area contributed by atoms with Crippen LogP contribution >= 0.6 is 0 Å². The summed E-state index contributed by atoms with van der Waals surface area (Å²) in [6, 6.07) is 6.05. The molecular weight excluding hydrogens is 266 g/mol. The molecule has 0 heterocycles. The first kappa shape index (κ1) is 14.1. The van der Waals surface area contributed by atoms with Crippen LogP contribution in [0.15, 0.2) is 18.2 Å². The van der Waals surface area contributed by atoms with E-state index in [-0.39, 0.29) is 5.91 Å². The predicted octanol–water partition coefficient (Wildman–Crippen LogP) is 3.00. The number of anilines is 1. The Morgan fingerprint density at radius 1 is 1.00 bits per heavy atom. The number of benzene rings is 1. The minimum absolute atomic E-state index is 0.139. The van der Waals surface area contributed by atoms with E-state index in [1.165, 1.54) is 17.5 Å². The van der Waals surface area contributed by atoms with Gasteiger partial charge in [-0.15, -0.1) is 0 Å². The number of nitrogens with one attached hydrogen (secondary N) is 1. The standard InChI is InChI=1S/C17H21NO3/c19-16(14-6-1-2-7-15(14)17(20)21)18-13-9-8-11-4-3-5-12(11)10-13/h8-10,14-15H,1-7H2,(H,18,19)(H,20,21)/t14-,15-/m0/s1. The van der Waals surface area contributed by atoms with Crippen LogP contribution in [-0.2, 0) is 22.4 Å². The normalized spacial score (nSPS) is 24.4. The Bertz CT molecular complexity index is 567. The van der Waals surface area contributed by atoms with Gasteiger partial charge in [-0.05, 0) is 55.4 Å². The number of hydrogen-bond acceptors (Lipinski definition) is 2. The number of carbonyl (C=O) groups excluding carboxylic acids is 1. The van der Waals surface area contributed by atoms with Crippen molar-refractivity contribution in [3.63, 3.8) is 0 Å². The van der Waals surface area contributed by atoms with Gasteiger partial charge in [0.2, 0.25) is 5.91 Å². The second kappa shape index (κ2) is 5.88. The van der Waals surface area contributed by atoms with E-state index in [2.05, 4.69) is 11.4 Å². The van der Waals surface area contributed by atoms with Gasteiger partial charge in [-0.3, -0.25) is 9.59 Å². The third kappa shape index (κ3) is 2.94. The maximum absolute atomic E-state index is 12.4. The van der Waals surface area contributed by atoms with E-state index in [1.807, 2.05) is 12.1 Å². The summed E-state index contributed by atoms with van der Waals surface area (Å²) in [7, 11) is 0. The van der Waals surface area contributed by atoms with Crippen molar-refractivity contribution in [3.05, 3.63) is 29.3 Å². The molecular formula is C17H21NO3. The third-order valence-electron chi connectivity index (χ3n) is 4.79. The molecule has 21 heavy (non-hydrogen) atoms. The lowest BCUT2D eigenvalue weighted by molar-refractivity contribution is -0.147. The number of carboxylic acid groups (broad SMARTS) is 1. The Morgan fingerprint density at radius 2 is 1.71 bits per heavy atom. The van der Waals surface area contributed by atoms with Gasteiger partial charge in [0.1, 0.15) is 0 Å². The molecule has 1 saturated carbocycles. The van der Waals surface area contributed by atoms with E-state index in [4.69, 9.17) is 0 Å². The largest absolute Gasteiger partial charge is 0.481 e. The van der Waals surface area contributed by atoms with Crippen LogP contribution in [0.5, 0.6) is 0 Å². The highest BCUT2D eigenvalue weighted by Gasteiger charge is 2.35. The molecule has 1 amide bonds. The molecule has 2 atom stereocenters. The van der Waals surface area contributed by atoms with Gasteiger partial charge in [-0.2, -0.15) is 0 Å². The number of carbonyl (C=O) groups is 2. The zero-order chi connectivity index (χ0) is 14.8. The van der Waals surface area contributed by atoms with Crippen LogP contribution in [-0.4, -0.2) is 17.0 Å². The predicted molar refractivity (Wildman–Crippen MR) is 80.2 cm³/mol. The zero-order valence-electron chi connectivity index (χ0n) is 12.1. The molecule has 1 aromatic rings. The van der Waals surface area contributed by atoms with Gasteiger partial charge < -0.3 is 10.4 Å². The van der Waals surface area contributed by atoms with E-state index in [1.54, 1.807) is 0 Å². The summed E-state index contributed by atoms with van der Waals surface area (Å²) in [5.41, 5.74) is 3.48. The fraction of sp³-hybridized carbons (Fsp3) is 0.529. The van der Waals surface area contributed by atoms with E-state index < -0.39 is 17.8 Å². The highest BCUT2D eigenvalue weighted by Crippen LogP contribution is 2.32. The van der Waals surface area contributed by atoms with Crippen LogP contribution < -0.4 is 5.32 Å². The quantitative estimate of drug-likeness (QED) is 0.898. The molecule has 4 heteroatoms. The molecule has 4 nitrogen and oxygen atoms in total. The second-order valence-electron chi connectivity index (χ2n) is 6.16. The summed E-state index contributed by atoms with van der Waals surface area (Å²) in [6.07, 6.45) is 6.49. The Morgan fingerprint density at radius 3 is 2.48 bits per heavy atom. The molecule has 2 aliphatic carbocycles.